The van der Waals surface area contributed by atoms with Crippen molar-refractivity contribution < 1.29 is 12.6 Å². The topological polar surface area (TPSA) is 81.4 Å². The molecule has 8 heteroatoms. The number of hydrogen-bond donors (Lipinski definition) is 2. The van der Waals surface area contributed by atoms with E-state index in [1.54, 1.807) is 30.3 Å². The van der Waals surface area contributed by atoms with Gasteiger partial charge in [-0.3, -0.25) is 4.72 Å². The molecule has 3 N–H and O–H groups in total. The van der Waals surface area contributed by atoms with Crippen LogP contribution in [0.3, 0.4) is 0 Å². The van der Waals surface area contributed by atoms with Gasteiger partial charge in [0.15, 0.2) is 5.75 Å². The maximum Gasteiger partial charge on any atom is 0.407 e. The molecule has 0 fully saturated rings. The lowest BCUT2D eigenvalue weighted by atomic mass is 9.86. The Morgan fingerprint density at radius 3 is 2.28 bits per heavy atom. The lowest BCUT2D eigenvalue weighted by molar-refractivity contribution is 0.486. The van der Waals surface area contributed by atoms with E-state index in [9.17, 15) is 8.42 Å². The van der Waals surface area contributed by atoms with Crippen LogP contribution in [-0.2, 0) is 22.3 Å². The van der Waals surface area contributed by atoms with Gasteiger partial charge in [0.25, 0.3) is 0 Å². The van der Waals surface area contributed by atoms with Crippen molar-refractivity contribution in [3.8, 4) is 5.75 Å². The van der Waals surface area contributed by atoms with Crippen LogP contribution in [-0.4, -0.2) is 8.42 Å². The van der Waals surface area contributed by atoms with E-state index in [2.05, 4.69) is 48.1 Å². The van der Waals surface area contributed by atoms with E-state index in [-0.39, 0.29) is 30.1 Å². The van der Waals surface area contributed by atoms with E-state index in [1.165, 1.54) is 0 Å². The van der Waals surface area contributed by atoms with E-state index < -0.39 is 10.3 Å². The minimum absolute atomic E-state index is 0. The predicted octanol–water partition coefficient (Wildman–Crippen LogP) is 4.20. The summed E-state index contributed by atoms with van der Waals surface area (Å²) in [6.07, 6.45) is 0. The first kappa shape index (κ1) is 22.0. The average Bonchev–Trinajstić information content (AvgIpc) is 2.48. The molecule has 0 spiro atoms. The van der Waals surface area contributed by atoms with Gasteiger partial charge in [0, 0.05) is 12.1 Å². The Morgan fingerprint density at radius 1 is 1.16 bits per heavy atom. The van der Waals surface area contributed by atoms with Crippen molar-refractivity contribution >= 4 is 51.0 Å². The fourth-order valence-electron chi connectivity index (χ4n) is 2.11. The molecule has 0 atom stereocenters. The molecule has 138 valence electrons. The van der Waals surface area contributed by atoms with Crippen molar-refractivity contribution in [2.75, 3.05) is 4.72 Å². The van der Waals surface area contributed by atoms with Crippen LogP contribution in [0.4, 0.5) is 5.69 Å². The molecular weight excluding hydrogens is 475 g/mol. The number of halogens is 2. The van der Waals surface area contributed by atoms with Crippen LogP contribution in [0.1, 0.15) is 31.9 Å². The summed E-state index contributed by atoms with van der Waals surface area (Å²) >= 11 is 2.07. The number of para-hydroxylation sites is 1. The van der Waals surface area contributed by atoms with Crippen LogP contribution in [0.25, 0.3) is 0 Å². The Balaban J connectivity index is 0.00000312. The highest BCUT2D eigenvalue weighted by atomic mass is 127. The molecule has 0 unspecified atom stereocenters. The number of anilines is 1. The third-order valence-electron chi connectivity index (χ3n) is 3.42. The van der Waals surface area contributed by atoms with Crippen LogP contribution in [0.5, 0.6) is 5.75 Å². The van der Waals surface area contributed by atoms with Crippen molar-refractivity contribution in [1.82, 2.24) is 0 Å². The maximum atomic E-state index is 12.3. The zero-order chi connectivity index (χ0) is 18.0. The first-order chi connectivity index (χ1) is 11.1. The zero-order valence-corrected chi connectivity index (χ0v) is 18.0. The van der Waals surface area contributed by atoms with Gasteiger partial charge in [-0.25, -0.2) is 0 Å². The van der Waals surface area contributed by atoms with E-state index in [1.807, 2.05) is 12.1 Å². The van der Waals surface area contributed by atoms with Gasteiger partial charge in [0.05, 0.1) is 9.26 Å². The molecule has 0 saturated carbocycles. The molecule has 0 saturated heterocycles. The monoisotopic (exact) mass is 496 g/mol. The first-order valence-electron chi connectivity index (χ1n) is 7.42. The summed E-state index contributed by atoms with van der Waals surface area (Å²) in [6.45, 7) is 6.46. The molecule has 2 aromatic rings. The molecule has 0 aliphatic rings. The first-order valence-corrected chi connectivity index (χ1v) is 9.91. The average molecular weight is 497 g/mol. The molecule has 2 aromatic carbocycles. The third-order valence-corrected chi connectivity index (χ3v) is 5.09. The lowest BCUT2D eigenvalue weighted by Gasteiger charge is -2.22. The summed E-state index contributed by atoms with van der Waals surface area (Å²) < 4.78 is 33.0. The number of benzene rings is 2. The highest BCUT2D eigenvalue weighted by Crippen LogP contribution is 2.33. The van der Waals surface area contributed by atoms with E-state index in [4.69, 9.17) is 9.92 Å². The van der Waals surface area contributed by atoms with Crippen LogP contribution >= 0.6 is 35.0 Å². The van der Waals surface area contributed by atoms with Gasteiger partial charge >= 0.3 is 10.3 Å². The van der Waals surface area contributed by atoms with Gasteiger partial charge < -0.3 is 9.92 Å². The van der Waals surface area contributed by atoms with Gasteiger partial charge in [0.2, 0.25) is 0 Å². The number of nitrogens with one attached hydrogen (secondary N) is 1. The predicted molar refractivity (Wildman–Crippen MR) is 113 cm³/mol. The highest BCUT2D eigenvalue weighted by Gasteiger charge is 2.22. The second-order valence-corrected chi connectivity index (χ2v) is 8.85. The number of nitrogens with two attached hydrogens (primary N) is 1. The Hall–Kier alpha value is -1.03. The summed E-state index contributed by atoms with van der Waals surface area (Å²) in [5.74, 6) is 0.273. The standard InChI is InChI=1S/C17H21IN2O3S.ClH/c1-17(2,3)13-9-12(11-19)16(15(18)10-13)23-24(21,22)20-14-7-5-4-6-8-14;/h4-10,20H,11,19H2,1-3H3;1H. The lowest BCUT2D eigenvalue weighted by Crippen LogP contribution is -2.21. The second kappa shape index (κ2) is 8.57. The largest absolute Gasteiger partial charge is 0.407 e. The van der Waals surface area contributed by atoms with Crippen LogP contribution < -0.4 is 14.6 Å². The molecule has 0 radical (unpaired) electrons. The Labute approximate surface area is 169 Å². The molecule has 0 bridgehead atoms. The van der Waals surface area contributed by atoms with Crippen molar-refractivity contribution in [2.24, 2.45) is 5.73 Å². The Kier molecular flexibility index (Phi) is 7.54. The van der Waals surface area contributed by atoms with Gasteiger partial charge in [-0.2, -0.15) is 8.42 Å². The van der Waals surface area contributed by atoms with Crippen LogP contribution in [0.15, 0.2) is 42.5 Å². The second-order valence-electron chi connectivity index (χ2n) is 6.41. The fourth-order valence-corrected chi connectivity index (χ4v) is 3.93. The van der Waals surface area contributed by atoms with Crippen molar-refractivity contribution in [3.05, 3.63) is 57.2 Å². The van der Waals surface area contributed by atoms with Crippen LogP contribution in [0, 0.1) is 3.57 Å². The van der Waals surface area contributed by atoms with Crippen molar-refractivity contribution in [1.29, 1.82) is 0 Å². The fraction of sp³-hybridized carbons (Fsp3) is 0.294. The van der Waals surface area contributed by atoms with E-state index in [0.717, 1.165) is 5.56 Å². The summed E-state index contributed by atoms with van der Waals surface area (Å²) in [4.78, 5) is 0. The van der Waals surface area contributed by atoms with Crippen molar-refractivity contribution in [3.63, 3.8) is 0 Å². The Bertz CT molecular complexity index is 822. The molecule has 0 aromatic heterocycles. The third kappa shape index (κ3) is 6.02. The minimum Gasteiger partial charge on any atom is -0.365 e. The molecular formula is C17H22ClIN2O3S. The number of hydrogen-bond acceptors (Lipinski definition) is 4. The summed E-state index contributed by atoms with van der Waals surface area (Å²) in [5.41, 5.74) is 7.91. The highest BCUT2D eigenvalue weighted by molar-refractivity contribution is 14.1. The molecule has 2 rings (SSSR count). The summed E-state index contributed by atoms with van der Waals surface area (Å²) in [7, 11) is -4.00. The van der Waals surface area contributed by atoms with Gasteiger partial charge in [-0.15, -0.1) is 12.4 Å². The smallest absolute Gasteiger partial charge is 0.365 e. The van der Waals surface area contributed by atoms with E-state index >= 15 is 0 Å². The SMILES string of the molecule is CC(C)(C)c1cc(I)c(OS(=O)(=O)Nc2ccccc2)c(CN)c1.Cl. The Morgan fingerprint density at radius 2 is 1.76 bits per heavy atom. The minimum atomic E-state index is -4.00. The van der Waals surface area contributed by atoms with E-state index in [0.29, 0.717) is 14.8 Å². The van der Waals surface area contributed by atoms with Gasteiger partial charge in [0.1, 0.15) is 0 Å². The van der Waals surface area contributed by atoms with Crippen LogP contribution in [0.2, 0.25) is 0 Å². The molecule has 0 aliphatic carbocycles. The van der Waals surface area contributed by atoms with Gasteiger partial charge in [-0.05, 0) is 51.8 Å². The maximum absolute atomic E-state index is 12.3. The molecule has 0 heterocycles. The summed E-state index contributed by atoms with van der Waals surface area (Å²) in [5, 5.41) is 0. The van der Waals surface area contributed by atoms with Crippen molar-refractivity contribution in [2.45, 2.75) is 32.7 Å². The molecule has 0 amide bonds. The normalized spacial score (nSPS) is 11.6. The zero-order valence-electron chi connectivity index (χ0n) is 14.2. The number of rotatable bonds is 5. The summed E-state index contributed by atoms with van der Waals surface area (Å²) in [6, 6.07) is 12.4. The van der Waals surface area contributed by atoms with Gasteiger partial charge in [-0.1, -0.05) is 45.0 Å². The quantitative estimate of drug-likeness (QED) is 0.608. The molecule has 0 aliphatic heterocycles. The molecule has 25 heavy (non-hydrogen) atoms. The molecule has 5 nitrogen and oxygen atoms in total.